The minimum Gasteiger partial charge on any atom is -0.441 e. The number of carbonyl (C=O) groups is 1. The standard InChI is InChI=1S/C20H19N5O4S2/c1-10-11(2)31-18-16(10)17(26)21-15(22-18)8-30-12(3)20(28)29-9-25-19(27)13-6-4-5-7-14(13)23-24-25/h4-7,12H,8-9H2,1-3H3,(H,21,22,26). The van der Waals surface area contributed by atoms with E-state index in [1.807, 2.05) is 13.8 Å². The number of aromatic nitrogens is 5. The van der Waals surface area contributed by atoms with Crippen LogP contribution < -0.4 is 11.1 Å². The van der Waals surface area contributed by atoms with Crippen LogP contribution in [0.3, 0.4) is 0 Å². The van der Waals surface area contributed by atoms with Crippen molar-refractivity contribution < 1.29 is 9.53 Å². The van der Waals surface area contributed by atoms with Gasteiger partial charge in [-0.1, -0.05) is 17.3 Å². The van der Waals surface area contributed by atoms with Crippen LogP contribution in [0.25, 0.3) is 21.1 Å². The van der Waals surface area contributed by atoms with Crippen LogP contribution in [0, 0.1) is 13.8 Å². The molecule has 3 aromatic heterocycles. The van der Waals surface area contributed by atoms with E-state index in [4.69, 9.17) is 4.74 Å². The summed E-state index contributed by atoms with van der Waals surface area (Å²) >= 11 is 2.76. The van der Waals surface area contributed by atoms with Crippen LogP contribution in [0.2, 0.25) is 0 Å². The quantitative estimate of drug-likeness (QED) is 0.439. The molecule has 0 radical (unpaired) electrons. The van der Waals surface area contributed by atoms with E-state index in [2.05, 4.69) is 20.3 Å². The van der Waals surface area contributed by atoms with Crippen molar-refractivity contribution in [3.05, 3.63) is 61.2 Å². The minimum absolute atomic E-state index is 0.174. The summed E-state index contributed by atoms with van der Waals surface area (Å²) in [6.07, 6.45) is 0. The topological polar surface area (TPSA) is 120 Å². The minimum atomic E-state index is -0.531. The van der Waals surface area contributed by atoms with Crippen molar-refractivity contribution in [3.8, 4) is 0 Å². The van der Waals surface area contributed by atoms with Gasteiger partial charge in [-0.2, -0.15) is 4.68 Å². The van der Waals surface area contributed by atoms with Gasteiger partial charge >= 0.3 is 5.97 Å². The molecule has 3 heterocycles. The second-order valence-electron chi connectivity index (χ2n) is 6.93. The number of hydrogen-bond donors (Lipinski definition) is 1. The van der Waals surface area contributed by atoms with E-state index >= 15 is 0 Å². The van der Waals surface area contributed by atoms with E-state index in [-0.39, 0.29) is 17.8 Å². The fourth-order valence-electron chi connectivity index (χ4n) is 2.99. The molecule has 0 saturated heterocycles. The Hall–Kier alpha value is -3.05. The van der Waals surface area contributed by atoms with Crippen LogP contribution in [0.15, 0.2) is 33.9 Å². The molecule has 0 aliphatic carbocycles. The first-order valence-corrected chi connectivity index (χ1v) is 11.3. The van der Waals surface area contributed by atoms with Crippen LogP contribution in [0.4, 0.5) is 0 Å². The Bertz CT molecular complexity index is 1410. The molecule has 11 heteroatoms. The van der Waals surface area contributed by atoms with Gasteiger partial charge in [0, 0.05) is 4.88 Å². The highest BCUT2D eigenvalue weighted by atomic mass is 32.2. The third kappa shape index (κ3) is 4.23. The van der Waals surface area contributed by atoms with Gasteiger partial charge in [-0.3, -0.25) is 14.4 Å². The van der Waals surface area contributed by atoms with Crippen molar-refractivity contribution in [1.29, 1.82) is 0 Å². The number of nitrogens with zero attached hydrogens (tertiary/aromatic N) is 4. The first kappa shape index (κ1) is 21.2. The fraction of sp³-hybridized carbons (Fsp3) is 0.300. The Balaban J connectivity index is 1.39. The van der Waals surface area contributed by atoms with Crippen molar-refractivity contribution in [3.63, 3.8) is 0 Å². The normalized spacial score (nSPS) is 12.4. The molecule has 1 N–H and O–H groups in total. The Morgan fingerprint density at radius 3 is 2.87 bits per heavy atom. The highest BCUT2D eigenvalue weighted by Crippen LogP contribution is 2.26. The maximum Gasteiger partial charge on any atom is 0.320 e. The molecule has 0 spiro atoms. The lowest BCUT2D eigenvalue weighted by Crippen LogP contribution is -2.28. The highest BCUT2D eigenvalue weighted by molar-refractivity contribution is 7.99. The van der Waals surface area contributed by atoms with Gasteiger partial charge in [0.1, 0.15) is 21.4 Å². The van der Waals surface area contributed by atoms with E-state index in [9.17, 15) is 14.4 Å². The third-order valence-electron chi connectivity index (χ3n) is 4.85. The van der Waals surface area contributed by atoms with Gasteiger partial charge in [0.05, 0.1) is 16.5 Å². The zero-order valence-electron chi connectivity index (χ0n) is 17.0. The maximum absolute atomic E-state index is 12.4. The molecule has 0 aliphatic rings. The molecule has 0 aliphatic heterocycles. The van der Waals surface area contributed by atoms with Crippen LogP contribution in [-0.4, -0.2) is 36.2 Å². The number of thioether (sulfide) groups is 1. The number of aromatic amines is 1. The summed E-state index contributed by atoms with van der Waals surface area (Å²) in [5.74, 6) is 0.339. The van der Waals surface area contributed by atoms with Gasteiger partial charge < -0.3 is 9.72 Å². The molecule has 1 atom stereocenters. The summed E-state index contributed by atoms with van der Waals surface area (Å²) in [5.41, 5.74) is 0.868. The van der Waals surface area contributed by atoms with Crippen molar-refractivity contribution in [2.45, 2.75) is 38.5 Å². The fourth-order valence-corrected chi connectivity index (χ4v) is 4.79. The number of benzene rings is 1. The van der Waals surface area contributed by atoms with Crippen molar-refractivity contribution in [2.75, 3.05) is 0 Å². The van der Waals surface area contributed by atoms with Gasteiger partial charge in [-0.25, -0.2) is 4.98 Å². The largest absolute Gasteiger partial charge is 0.441 e. The zero-order chi connectivity index (χ0) is 22.1. The second-order valence-corrected chi connectivity index (χ2v) is 9.47. The first-order valence-electron chi connectivity index (χ1n) is 9.45. The molecule has 160 valence electrons. The molecule has 4 aromatic rings. The summed E-state index contributed by atoms with van der Waals surface area (Å²) in [5, 5.41) is 8.25. The SMILES string of the molecule is Cc1sc2nc(CSC(C)C(=O)OCn3nnc4ccccc4c3=O)[nH]c(=O)c2c1C. The van der Waals surface area contributed by atoms with E-state index in [0.717, 1.165) is 15.1 Å². The first-order chi connectivity index (χ1) is 14.8. The number of rotatable bonds is 6. The van der Waals surface area contributed by atoms with E-state index < -0.39 is 11.2 Å². The number of nitrogens with one attached hydrogen (secondary N) is 1. The number of esters is 1. The van der Waals surface area contributed by atoms with E-state index in [1.54, 1.807) is 31.2 Å². The van der Waals surface area contributed by atoms with Crippen LogP contribution in [0.1, 0.15) is 23.2 Å². The summed E-state index contributed by atoms with van der Waals surface area (Å²) < 4.78 is 6.24. The van der Waals surface area contributed by atoms with Gasteiger partial charge in [0.25, 0.3) is 11.1 Å². The predicted octanol–water partition coefficient (Wildman–Crippen LogP) is 2.53. The van der Waals surface area contributed by atoms with Gasteiger partial charge in [0.15, 0.2) is 6.73 Å². The third-order valence-corrected chi connectivity index (χ3v) is 7.08. The molecular formula is C20H19N5O4S2. The molecule has 4 rings (SSSR count). The molecule has 0 amide bonds. The van der Waals surface area contributed by atoms with Crippen molar-refractivity contribution in [2.24, 2.45) is 0 Å². The molecule has 9 nitrogen and oxygen atoms in total. The molecule has 31 heavy (non-hydrogen) atoms. The highest BCUT2D eigenvalue weighted by Gasteiger charge is 2.18. The van der Waals surface area contributed by atoms with Gasteiger partial charge in [0.2, 0.25) is 0 Å². The second kappa shape index (κ2) is 8.60. The Morgan fingerprint density at radius 1 is 1.29 bits per heavy atom. The van der Waals surface area contributed by atoms with Crippen molar-refractivity contribution >= 4 is 50.2 Å². The number of thiophene rings is 1. The lowest BCUT2D eigenvalue weighted by molar-refractivity contribution is -0.147. The molecule has 1 aromatic carbocycles. The Morgan fingerprint density at radius 2 is 2.06 bits per heavy atom. The molecular weight excluding hydrogens is 438 g/mol. The summed E-state index contributed by atoms with van der Waals surface area (Å²) in [6, 6.07) is 6.83. The summed E-state index contributed by atoms with van der Waals surface area (Å²) in [4.78, 5) is 46.2. The van der Waals surface area contributed by atoms with Gasteiger partial charge in [-0.05, 0) is 38.5 Å². The van der Waals surface area contributed by atoms with Crippen LogP contribution in [-0.2, 0) is 22.0 Å². The van der Waals surface area contributed by atoms with Crippen molar-refractivity contribution in [1.82, 2.24) is 25.0 Å². The summed E-state index contributed by atoms with van der Waals surface area (Å²) in [6.45, 7) is 5.23. The average molecular weight is 458 g/mol. The Kier molecular flexibility index (Phi) is 5.88. The van der Waals surface area contributed by atoms with Crippen LogP contribution in [0.5, 0.6) is 0 Å². The number of fused-ring (bicyclic) bond motifs is 2. The smallest absolute Gasteiger partial charge is 0.320 e. The number of aryl methyl sites for hydroxylation is 2. The number of ether oxygens (including phenoxy) is 1. The molecule has 0 saturated carbocycles. The van der Waals surface area contributed by atoms with Gasteiger partial charge in [-0.15, -0.1) is 28.2 Å². The van der Waals surface area contributed by atoms with E-state index in [1.165, 1.54) is 23.1 Å². The molecule has 0 fully saturated rings. The molecule has 1 unspecified atom stereocenters. The number of carbonyl (C=O) groups excluding carboxylic acids is 1. The lowest BCUT2D eigenvalue weighted by atomic mass is 10.2. The average Bonchev–Trinajstić information content (AvgIpc) is 3.05. The zero-order valence-corrected chi connectivity index (χ0v) is 18.7. The van der Waals surface area contributed by atoms with Crippen LogP contribution >= 0.6 is 23.1 Å². The summed E-state index contributed by atoms with van der Waals surface area (Å²) in [7, 11) is 0. The van der Waals surface area contributed by atoms with E-state index in [0.29, 0.717) is 32.7 Å². The predicted molar refractivity (Wildman–Crippen MR) is 120 cm³/mol. The maximum atomic E-state index is 12.4. The number of H-pyrrole nitrogens is 1. The number of hydrogen-bond acceptors (Lipinski definition) is 9. The lowest BCUT2D eigenvalue weighted by Gasteiger charge is -2.11. The monoisotopic (exact) mass is 457 g/mol. The molecule has 0 bridgehead atoms. The Labute approximate surface area is 184 Å².